The highest BCUT2D eigenvalue weighted by atomic mass is 15.3. The van der Waals surface area contributed by atoms with Gasteiger partial charge in [-0.05, 0) is 30.5 Å². The fraction of sp³-hybridized carbons (Fsp3) is 0.348. The van der Waals surface area contributed by atoms with Crippen LogP contribution in [0.4, 0.5) is 17.5 Å². The highest BCUT2D eigenvalue weighted by Gasteiger charge is 2.16. The number of hydrogen-bond donors (Lipinski definition) is 1. The van der Waals surface area contributed by atoms with Crippen molar-refractivity contribution in [3.05, 3.63) is 72.4 Å². The van der Waals surface area contributed by atoms with E-state index in [2.05, 4.69) is 56.8 Å². The smallest absolute Gasteiger partial charge is 0.252 e. The summed E-state index contributed by atoms with van der Waals surface area (Å²) in [6.07, 6.45) is 9.38. The predicted molar refractivity (Wildman–Crippen MR) is 114 cm³/mol. The topological polar surface area (TPSA) is 53.9 Å². The molecule has 5 nitrogen and oxygen atoms in total. The maximum Gasteiger partial charge on any atom is 0.252 e. The number of hydrogen-bond acceptors (Lipinski definition) is 5. The number of benzene rings is 2. The molecule has 1 N–H and O–H groups in total. The Morgan fingerprint density at radius 1 is 0.857 bits per heavy atom. The lowest BCUT2D eigenvalue weighted by Gasteiger charge is -2.23. The highest BCUT2D eigenvalue weighted by Crippen LogP contribution is 2.26. The Labute approximate surface area is 166 Å². The van der Waals surface area contributed by atoms with E-state index in [1.165, 1.54) is 44.1 Å². The van der Waals surface area contributed by atoms with E-state index in [4.69, 9.17) is 4.98 Å². The summed E-state index contributed by atoms with van der Waals surface area (Å²) < 4.78 is 0. The number of aromatic nitrogens is 3. The van der Waals surface area contributed by atoms with Gasteiger partial charge in [0.15, 0.2) is 5.82 Å². The predicted octanol–water partition coefficient (Wildman–Crippen LogP) is 5.34. The van der Waals surface area contributed by atoms with Crippen LogP contribution in [0.25, 0.3) is 0 Å². The second-order valence-corrected chi connectivity index (χ2v) is 7.38. The van der Waals surface area contributed by atoms with Gasteiger partial charge in [-0.3, -0.25) is 0 Å². The minimum Gasteiger partial charge on any atom is -0.366 e. The van der Waals surface area contributed by atoms with E-state index < -0.39 is 0 Å². The van der Waals surface area contributed by atoms with Crippen molar-refractivity contribution in [2.45, 2.75) is 51.1 Å². The summed E-state index contributed by atoms with van der Waals surface area (Å²) in [4.78, 5) is 6.92. The molecule has 1 fully saturated rings. The van der Waals surface area contributed by atoms with Crippen molar-refractivity contribution in [2.75, 3.05) is 10.2 Å². The second-order valence-electron chi connectivity index (χ2n) is 7.38. The molecule has 0 atom stereocenters. The summed E-state index contributed by atoms with van der Waals surface area (Å²) in [5.41, 5.74) is 2.26. The number of nitrogens with one attached hydrogen (secondary N) is 1. The first kappa shape index (κ1) is 18.4. The van der Waals surface area contributed by atoms with Gasteiger partial charge >= 0.3 is 0 Å². The summed E-state index contributed by atoms with van der Waals surface area (Å²) in [5, 5.41) is 12.2. The van der Waals surface area contributed by atoms with Crippen molar-refractivity contribution in [3.63, 3.8) is 0 Å². The molecule has 0 unspecified atom stereocenters. The molecule has 1 heterocycles. The molecule has 2 aromatic carbocycles. The quantitative estimate of drug-likeness (QED) is 0.591. The first-order valence-corrected chi connectivity index (χ1v) is 10.2. The van der Waals surface area contributed by atoms with Crippen molar-refractivity contribution in [2.24, 2.45) is 0 Å². The van der Waals surface area contributed by atoms with Crippen LogP contribution in [0.5, 0.6) is 0 Å². The zero-order valence-corrected chi connectivity index (χ0v) is 16.2. The third-order valence-electron chi connectivity index (χ3n) is 5.25. The molecular weight excluding hydrogens is 346 g/mol. The van der Waals surface area contributed by atoms with Crippen LogP contribution in [0, 0.1) is 0 Å². The van der Waals surface area contributed by atoms with Crippen LogP contribution in [0.2, 0.25) is 0 Å². The van der Waals surface area contributed by atoms with Gasteiger partial charge < -0.3 is 10.2 Å². The summed E-state index contributed by atoms with van der Waals surface area (Å²) in [6, 6.07) is 21.1. The van der Waals surface area contributed by atoms with E-state index in [1.807, 2.05) is 24.3 Å². The van der Waals surface area contributed by atoms with E-state index in [9.17, 15) is 0 Å². The molecule has 0 amide bonds. The van der Waals surface area contributed by atoms with Gasteiger partial charge in [-0.25, -0.2) is 0 Å². The van der Waals surface area contributed by atoms with Gasteiger partial charge in [-0.1, -0.05) is 74.2 Å². The van der Waals surface area contributed by atoms with E-state index in [0.717, 1.165) is 11.5 Å². The number of para-hydroxylation sites is 1. The standard InChI is InChI=1S/C23H27N5/c1-2-8-14-20(13-7-1)25-22-17-24-27-23(26-22)28(21-15-9-4-10-16-21)18-19-11-5-3-6-12-19/h3-6,9-12,15-17,20H,1-2,7-8,13-14,18H2,(H,25,26,27). The van der Waals surface area contributed by atoms with Gasteiger partial charge in [0.2, 0.25) is 0 Å². The fourth-order valence-corrected chi connectivity index (χ4v) is 3.76. The lowest BCUT2D eigenvalue weighted by Crippen LogP contribution is -2.22. The summed E-state index contributed by atoms with van der Waals surface area (Å²) >= 11 is 0. The van der Waals surface area contributed by atoms with Crippen molar-refractivity contribution in [1.29, 1.82) is 0 Å². The second kappa shape index (κ2) is 9.31. The largest absolute Gasteiger partial charge is 0.366 e. The van der Waals surface area contributed by atoms with Crippen LogP contribution >= 0.6 is 0 Å². The Balaban J connectivity index is 1.59. The SMILES string of the molecule is c1ccc(CN(c2ccccc2)c2nncc(NC3CCCCCC3)n2)cc1. The monoisotopic (exact) mass is 373 g/mol. The van der Waals surface area contributed by atoms with Gasteiger partial charge in [0.25, 0.3) is 5.95 Å². The van der Waals surface area contributed by atoms with Crippen LogP contribution in [0.3, 0.4) is 0 Å². The number of anilines is 3. The van der Waals surface area contributed by atoms with E-state index in [0.29, 0.717) is 18.5 Å². The number of rotatable bonds is 6. The first-order chi connectivity index (χ1) is 13.9. The summed E-state index contributed by atoms with van der Waals surface area (Å²) in [6.45, 7) is 0.694. The maximum absolute atomic E-state index is 4.81. The van der Waals surface area contributed by atoms with E-state index >= 15 is 0 Å². The average molecular weight is 374 g/mol. The number of nitrogens with zero attached hydrogens (tertiary/aromatic N) is 4. The molecule has 5 heteroatoms. The Bertz CT molecular complexity index is 845. The maximum atomic E-state index is 4.81. The molecule has 1 saturated carbocycles. The average Bonchev–Trinajstić information content (AvgIpc) is 3.02. The molecule has 0 aliphatic heterocycles. The van der Waals surface area contributed by atoms with Gasteiger partial charge in [-0.2, -0.15) is 10.1 Å². The van der Waals surface area contributed by atoms with Crippen LogP contribution in [0.1, 0.15) is 44.1 Å². The minimum absolute atomic E-state index is 0.478. The van der Waals surface area contributed by atoms with Gasteiger partial charge in [-0.15, -0.1) is 5.10 Å². The Morgan fingerprint density at radius 2 is 1.54 bits per heavy atom. The Hall–Kier alpha value is -2.95. The van der Waals surface area contributed by atoms with Crippen molar-refractivity contribution >= 4 is 17.5 Å². The zero-order valence-electron chi connectivity index (χ0n) is 16.2. The highest BCUT2D eigenvalue weighted by molar-refractivity contribution is 5.58. The third kappa shape index (κ3) is 4.85. The normalized spacial score (nSPS) is 15.0. The minimum atomic E-state index is 0.478. The molecule has 144 valence electrons. The molecule has 0 bridgehead atoms. The van der Waals surface area contributed by atoms with E-state index in [1.54, 1.807) is 6.20 Å². The van der Waals surface area contributed by atoms with Gasteiger partial charge in [0, 0.05) is 11.7 Å². The third-order valence-corrected chi connectivity index (χ3v) is 5.25. The van der Waals surface area contributed by atoms with Gasteiger partial charge in [0.05, 0.1) is 12.7 Å². The zero-order chi connectivity index (χ0) is 19.0. The van der Waals surface area contributed by atoms with Crippen LogP contribution in [-0.4, -0.2) is 21.2 Å². The van der Waals surface area contributed by atoms with Gasteiger partial charge in [0.1, 0.15) is 0 Å². The molecule has 4 rings (SSSR count). The molecule has 1 aliphatic carbocycles. The molecule has 1 aliphatic rings. The molecule has 1 aromatic heterocycles. The fourth-order valence-electron chi connectivity index (χ4n) is 3.76. The lowest BCUT2D eigenvalue weighted by atomic mass is 10.1. The molecule has 0 spiro atoms. The van der Waals surface area contributed by atoms with Crippen LogP contribution < -0.4 is 10.2 Å². The van der Waals surface area contributed by atoms with Crippen molar-refractivity contribution in [3.8, 4) is 0 Å². The van der Waals surface area contributed by atoms with Crippen molar-refractivity contribution < 1.29 is 0 Å². The summed E-state index contributed by atoms with van der Waals surface area (Å²) in [5.74, 6) is 1.43. The molecular formula is C23H27N5. The van der Waals surface area contributed by atoms with E-state index in [-0.39, 0.29) is 0 Å². The Kier molecular flexibility index (Phi) is 6.12. The Morgan fingerprint density at radius 3 is 2.25 bits per heavy atom. The molecule has 3 aromatic rings. The lowest BCUT2D eigenvalue weighted by molar-refractivity contribution is 0.616. The molecule has 0 saturated heterocycles. The molecule has 28 heavy (non-hydrogen) atoms. The van der Waals surface area contributed by atoms with Crippen LogP contribution in [-0.2, 0) is 6.54 Å². The van der Waals surface area contributed by atoms with Crippen LogP contribution in [0.15, 0.2) is 66.9 Å². The first-order valence-electron chi connectivity index (χ1n) is 10.2. The summed E-state index contributed by atoms with van der Waals surface area (Å²) in [7, 11) is 0. The van der Waals surface area contributed by atoms with Crippen molar-refractivity contribution in [1.82, 2.24) is 15.2 Å². The molecule has 0 radical (unpaired) electrons.